The molecule has 4 nitrogen and oxygen atoms in total. The van der Waals surface area contributed by atoms with Crippen molar-refractivity contribution in [2.45, 2.75) is 13.1 Å². The number of amides is 1. The lowest BCUT2D eigenvalue weighted by molar-refractivity contribution is -0.137. The Morgan fingerprint density at radius 3 is 2.38 bits per heavy atom. The average molecular weight is 299 g/mol. The topological polar surface area (TPSA) is 47.3 Å². The summed E-state index contributed by atoms with van der Waals surface area (Å²) < 4.78 is 38.0. The molecule has 1 aromatic rings. The van der Waals surface area contributed by atoms with E-state index in [0.29, 0.717) is 12.2 Å². The van der Waals surface area contributed by atoms with Crippen LogP contribution in [0.1, 0.15) is 18.1 Å². The third kappa shape index (κ3) is 4.12. The van der Waals surface area contributed by atoms with Gasteiger partial charge in [-0.25, -0.2) is 0 Å². The number of halogens is 3. The minimum Gasteiger partial charge on any atom is -0.361 e. The van der Waals surface area contributed by atoms with E-state index in [9.17, 15) is 18.0 Å². The smallest absolute Gasteiger partial charge is 0.361 e. The van der Waals surface area contributed by atoms with E-state index < -0.39 is 11.7 Å². The van der Waals surface area contributed by atoms with Gasteiger partial charge in [-0.05, 0) is 25.1 Å². The molecule has 0 unspecified atom stereocenters. The Morgan fingerprint density at radius 2 is 1.95 bits per heavy atom. The number of alkyl halides is 3. The maximum absolute atomic E-state index is 12.7. The molecule has 1 aromatic carbocycles. The second-order valence-electron chi connectivity index (χ2n) is 4.64. The van der Waals surface area contributed by atoms with Crippen LogP contribution in [0, 0.1) is 11.3 Å². The molecule has 0 heterocycles. The zero-order valence-corrected chi connectivity index (χ0v) is 12.0. The number of carbonyl (C=O) groups is 1. The molecule has 0 radical (unpaired) electrons. The van der Waals surface area contributed by atoms with E-state index in [1.165, 1.54) is 11.0 Å². The van der Waals surface area contributed by atoms with Crippen molar-refractivity contribution < 1.29 is 18.0 Å². The van der Waals surface area contributed by atoms with Gasteiger partial charge < -0.3 is 9.80 Å². The molecular formula is C14H16F3N3O. The van der Waals surface area contributed by atoms with Gasteiger partial charge in [0.1, 0.15) is 6.07 Å². The molecule has 1 amide bonds. The Morgan fingerprint density at radius 1 is 1.33 bits per heavy atom. The molecule has 1 rings (SSSR count). The van der Waals surface area contributed by atoms with Crippen molar-refractivity contribution >= 4 is 11.6 Å². The first-order valence-electron chi connectivity index (χ1n) is 6.27. The van der Waals surface area contributed by atoms with Gasteiger partial charge in [-0.15, -0.1) is 0 Å². The van der Waals surface area contributed by atoms with Crippen LogP contribution < -0.4 is 4.90 Å². The van der Waals surface area contributed by atoms with Gasteiger partial charge in [0.25, 0.3) is 0 Å². The molecule has 0 saturated heterocycles. The summed E-state index contributed by atoms with van der Waals surface area (Å²) in [5.41, 5.74) is -0.653. The van der Waals surface area contributed by atoms with E-state index in [1.54, 1.807) is 32.0 Å². The largest absolute Gasteiger partial charge is 0.416 e. The molecule has 0 aliphatic heterocycles. The fraction of sp³-hybridized carbons (Fsp3) is 0.429. The number of benzene rings is 1. The molecule has 0 spiro atoms. The van der Waals surface area contributed by atoms with Gasteiger partial charge in [0, 0.05) is 20.6 Å². The fourth-order valence-electron chi connectivity index (χ4n) is 1.75. The number of nitriles is 1. The predicted octanol–water partition coefficient (Wildman–Crippen LogP) is 2.49. The van der Waals surface area contributed by atoms with E-state index in [1.807, 2.05) is 0 Å². The van der Waals surface area contributed by atoms with Crippen molar-refractivity contribution in [1.82, 2.24) is 4.90 Å². The molecule has 0 saturated carbocycles. The van der Waals surface area contributed by atoms with E-state index >= 15 is 0 Å². The Labute approximate surface area is 121 Å². The highest BCUT2D eigenvalue weighted by atomic mass is 19.4. The number of hydrogen-bond acceptors (Lipinski definition) is 3. The molecule has 0 aliphatic carbocycles. The van der Waals surface area contributed by atoms with Crippen molar-refractivity contribution in [3.8, 4) is 6.07 Å². The second-order valence-corrected chi connectivity index (χ2v) is 4.64. The SMILES string of the molecule is CCN(CC(=O)N(C)C)c1ccc(C(F)(F)F)cc1C#N. The first kappa shape index (κ1) is 16.8. The minimum atomic E-state index is -4.50. The summed E-state index contributed by atoms with van der Waals surface area (Å²) in [7, 11) is 3.18. The average Bonchev–Trinajstić information content (AvgIpc) is 2.42. The van der Waals surface area contributed by atoms with Crippen LogP contribution in [0.25, 0.3) is 0 Å². The second kappa shape index (κ2) is 6.48. The van der Waals surface area contributed by atoms with Crippen LogP contribution in [-0.4, -0.2) is 38.0 Å². The number of nitrogens with zero attached hydrogens (tertiary/aromatic N) is 3. The van der Waals surface area contributed by atoms with Gasteiger partial charge in [0.2, 0.25) is 5.91 Å². The van der Waals surface area contributed by atoms with Gasteiger partial charge in [0.15, 0.2) is 0 Å². The Kier molecular flexibility index (Phi) is 5.19. The third-order valence-corrected chi connectivity index (χ3v) is 2.99. The van der Waals surface area contributed by atoms with Crippen molar-refractivity contribution in [3.05, 3.63) is 29.3 Å². The standard InChI is InChI=1S/C14H16F3N3O/c1-4-20(9-13(21)19(2)3)12-6-5-11(14(15,16)17)7-10(12)8-18/h5-7H,4,9H2,1-3H3. The van der Waals surface area contributed by atoms with Crippen LogP contribution >= 0.6 is 0 Å². The first-order chi connectivity index (χ1) is 9.70. The van der Waals surface area contributed by atoms with E-state index in [-0.39, 0.29) is 18.0 Å². The van der Waals surface area contributed by atoms with E-state index in [0.717, 1.165) is 12.1 Å². The van der Waals surface area contributed by atoms with Crippen molar-refractivity contribution in [1.29, 1.82) is 5.26 Å². The van der Waals surface area contributed by atoms with E-state index in [4.69, 9.17) is 5.26 Å². The maximum Gasteiger partial charge on any atom is 0.416 e. The van der Waals surface area contributed by atoms with Crippen LogP contribution in [0.5, 0.6) is 0 Å². The zero-order valence-electron chi connectivity index (χ0n) is 12.0. The van der Waals surface area contributed by atoms with Gasteiger partial charge in [-0.1, -0.05) is 0 Å². The number of rotatable bonds is 4. The lowest BCUT2D eigenvalue weighted by atomic mass is 10.1. The van der Waals surface area contributed by atoms with Crippen molar-refractivity contribution in [3.63, 3.8) is 0 Å². The molecule has 0 fully saturated rings. The van der Waals surface area contributed by atoms with Gasteiger partial charge in [-0.2, -0.15) is 18.4 Å². The molecule has 0 N–H and O–H groups in total. The van der Waals surface area contributed by atoms with Crippen LogP contribution in [0.2, 0.25) is 0 Å². The minimum absolute atomic E-state index is 0.00352. The number of hydrogen-bond donors (Lipinski definition) is 0. The number of anilines is 1. The first-order valence-corrected chi connectivity index (χ1v) is 6.27. The zero-order chi connectivity index (χ0) is 16.2. The third-order valence-electron chi connectivity index (χ3n) is 2.99. The normalized spacial score (nSPS) is 10.9. The summed E-state index contributed by atoms with van der Waals surface area (Å²) in [6, 6.07) is 4.71. The summed E-state index contributed by atoms with van der Waals surface area (Å²) in [5.74, 6) is -0.194. The maximum atomic E-state index is 12.7. The molecule has 7 heteroatoms. The summed E-state index contributed by atoms with van der Waals surface area (Å²) in [6.07, 6.45) is -4.50. The summed E-state index contributed by atoms with van der Waals surface area (Å²) in [5, 5.41) is 9.06. The lowest BCUT2D eigenvalue weighted by Gasteiger charge is -2.25. The molecular weight excluding hydrogens is 283 g/mol. The molecule has 0 atom stereocenters. The summed E-state index contributed by atoms with van der Waals surface area (Å²) in [6.45, 7) is 2.17. The highest BCUT2D eigenvalue weighted by Gasteiger charge is 2.31. The van der Waals surface area contributed by atoms with Crippen LogP contribution in [0.15, 0.2) is 18.2 Å². The van der Waals surface area contributed by atoms with Crippen LogP contribution in [0.4, 0.5) is 18.9 Å². The van der Waals surface area contributed by atoms with Crippen LogP contribution in [0.3, 0.4) is 0 Å². The predicted molar refractivity (Wildman–Crippen MR) is 72.7 cm³/mol. The molecule has 0 aliphatic rings. The monoisotopic (exact) mass is 299 g/mol. The molecule has 114 valence electrons. The van der Waals surface area contributed by atoms with Crippen molar-refractivity contribution in [2.75, 3.05) is 32.1 Å². The molecule has 21 heavy (non-hydrogen) atoms. The number of carbonyl (C=O) groups excluding carboxylic acids is 1. The molecule has 0 bridgehead atoms. The van der Waals surface area contributed by atoms with Crippen molar-refractivity contribution in [2.24, 2.45) is 0 Å². The van der Waals surface area contributed by atoms with E-state index in [2.05, 4.69) is 0 Å². The highest BCUT2D eigenvalue weighted by Crippen LogP contribution is 2.32. The molecule has 0 aromatic heterocycles. The Bertz CT molecular complexity index is 562. The van der Waals surface area contributed by atoms with Gasteiger partial charge >= 0.3 is 6.18 Å². The Hall–Kier alpha value is -2.23. The van der Waals surface area contributed by atoms with Gasteiger partial charge in [0.05, 0.1) is 23.4 Å². The van der Waals surface area contributed by atoms with Gasteiger partial charge in [-0.3, -0.25) is 4.79 Å². The summed E-state index contributed by atoms with van der Waals surface area (Å²) >= 11 is 0. The quantitative estimate of drug-likeness (QED) is 0.858. The Balaban J connectivity index is 3.17. The fourth-order valence-corrected chi connectivity index (χ4v) is 1.75. The highest BCUT2D eigenvalue weighted by molar-refractivity contribution is 5.81. The van der Waals surface area contributed by atoms with Crippen LogP contribution in [-0.2, 0) is 11.0 Å². The number of likely N-dealkylation sites (N-methyl/N-ethyl adjacent to an activating group) is 2. The summed E-state index contributed by atoms with van der Waals surface area (Å²) in [4.78, 5) is 14.7. The lowest BCUT2D eigenvalue weighted by Crippen LogP contribution is -2.37.